The Hall–Kier alpha value is -3.36. The number of carbonyl (C=O) groups is 3. The molecule has 1 fully saturated rings. The van der Waals surface area contributed by atoms with Crippen LogP contribution < -0.4 is 16.8 Å². The number of hydrogen-bond donors (Lipinski definition) is 6. The van der Waals surface area contributed by atoms with Gasteiger partial charge in [-0.25, -0.2) is 19.7 Å². The van der Waals surface area contributed by atoms with Crippen LogP contribution in [0, 0.1) is 0 Å². The molecule has 0 aromatic carbocycles. The first-order valence-electron chi connectivity index (χ1n) is 8.47. The minimum Gasteiger partial charge on any atom is -0.481 e. The van der Waals surface area contributed by atoms with Crippen LogP contribution in [-0.4, -0.2) is 77.0 Å². The number of nitrogens with one attached hydrogen (secondary N) is 1. The predicted molar refractivity (Wildman–Crippen MR) is 94.1 cm³/mol. The van der Waals surface area contributed by atoms with E-state index in [1.54, 1.807) is 0 Å². The van der Waals surface area contributed by atoms with Crippen molar-refractivity contribution in [2.45, 2.75) is 43.4 Å². The molecule has 2 aromatic rings. The number of aliphatic hydroxyl groups excluding tert-OH is 1. The molecule has 0 radical (unpaired) electrons. The van der Waals surface area contributed by atoms with Gasteiger partial charge in [0.2, 0.25) is 5.91 Å². The zero-order chi connectivity index (χ0) is 21.3. The topological polar surface area (TPSA) is 229 Å². The number of fused-ring (bicyclic) bond motifs is 1. The zero-order valence-corrected chi connectivity index (χ0v) is 14.9. The molecule has 0 unspecified atom stereocenters. The third kappa shape index (κ3) is 3.94. The van der Waals surface area contributed by atoms with Gasteiger partial charge in [0.25, 0.3) is 0 Å². The molecule has 3 heterocycles. The van der Waals surface area contributed by atoms with E-state index in [4.69, 9.17) is 21.3 Å². The Labute approximate surface area is 162 Å². The van der Waals surface area contributed by atoms with Crippen LogP contribution in [0.25, 0.3) is 11.2 Å². The van der Waals surface area contributed by atoms with E-state index in [9.17, 15) is 24.6 Å². The molecule has 1 saturated heterocycles. The van der Waals surface area contributed by atoms with Crippen molar-refractivity contribution < 1.29 is 34.4 Å². The SMILES string of the molecule is Nc1ncnc2c1ncn2[C@@H]1O[C@H](C(=O)O)[C@@H](NC(=O)[C@@H](N)CCC(=O)O)[C@H]1O. The molecule has 1 aliphatic heterocycles. The smallest absolute Gasteiger partial charge is 0.335 e. The summed E-state index contributed by atoms with van der Waals surface area (Å²) in [6.45, 7) is 0. The Balaban J connectivity index is 1.82. The van der Waals surface area contributed by atoms with Gasteiger partial charge in [-0.1, -0.05) is 0 Å². The number of carboxylic acids is 2. The Morgan fingerprint density at radius 3 is 2.66 bits per heavy atom. The molecule has 14 nitrogen and oxygen atoms in total. The summed E-state index contributed by atoms with van der Waals surface area (Å²) < 4.78 is 6.72. The summed E-state index contributed by atoms with van der Waals surface area (Å²) in [5.74, 6) is -3.28. The molecule has 5 atom stereocenters. The van der Waals surface area contributed by atoms with Crippen molar-refractivity contribution in [3.05, 3.63) is 12.7 Å². The number of hydrogen-bond acceptors (Lipinski definition) is 10. The van der Waals surface area contributed by atoms with Gasteiger partial charge in [0.1, 0.15) is 17.9 Å². The van der Waals surface area contributed by atoms with Crippen molar-refractivity contribution in [1.29, 1.82) is 0 Å². The number of carboxylic acid groups (broad SMARTS) is 2. The van der Waals surface area contributed by atoms with Crippen molar-refractivity contribution >= 4 is 34.8 Å². The molecule has 29 heavy (non-hydrogen) atoms. The Kier molecular flexibility index (Phi) is 5.58. The number of rotatable bonds is 7. The number of aromatic nitrogens is 4. The van der Waals surface area contributed by atoms with Gasteiger partial charge in [0.15, 0.2) is 23.8 Å². The minimum absolute atomic E-state index is 0.0882. The second-order valence-corrected chi connectivity index (χ2v) is 6.43. The van der Waals surface area contributed by atoms with Gasteiger partial charge in [-0.05, 0) is 6.42 Å². The summed E-state index contributed by atoms with van der Waals surface area (Å²) in [5.41, 5.74) is 11.8. The van der Waals surface area contributed by atoms with Crippen molar-refractivity contribution in [3.63, 3.8) is 0 Å². The van der Waals surface area contributed by atoms with Crippen LogP contribution in [0.5, 0.6) is 0 Å². The summed E-state index contributed by atoms with van der Waals surface area (Å²) in [4.78, 5) is 46.3. The maximum absolute atomic E-state index is 12.2. The number of nitrogen functional groups attached to an aromatic ring is 1. The van der Waals surface area contributed by atoms with Crippen molar-refractivity contribution in [2.24, 2.45) is 5.73 Å². The lowest BCUT2D eigenvalue weighted by Gasteiger charge is -2.22. The van der Waals surface area contributed by atoms with Gasteiger partial charge in [-0.3, -0.25) is 14.2 Å². The van der Waals surface area contributed by atoms with Gasteiger partial charge < -0.3 is 36.8 Å². The monoisotopic (exact) mass is 409 g/mol. The number of amides is 1. The number of anilines is 1. The second-order valence-electron chi connectivity index (χ2n) is 6.43. The molecule has 14 heteroatoms. The molecule has 0 spiro atoms. The highest BCUT2D eigenvalue weighted by atomic mass is 16.6. The quantitative estimate of drug-likeness (QED) is 0.277. The lowest BCUT2D eigenvalue weighted by atomic mass is 10.1. The van der Waals surface area contributed by atoms with Gasteiger partial charge in [0, 0.05) is 6.42 Å². The number of nitrogens with zero attached hydrogens (tertiary/aromatic N) is 4. The summed E-state index contributed by atoms with van der Waals surface area (Å²) in [6.07, 6.45) is -2.41. The molecule has 2 aromatic heterocycles. The second kappa shape index (κ2) is 7.94. The average Bonchev–Trinajstić information content (AvgIpc) is 3.22. The summed E-state index contributed by atoms with van der Waals surface area (Å²) >= 11 is 0. The molecular weight excluding hydrogens is 390 g/mol. The van der Waals surface area contributed by atoms with E-state index in [-0.39, 0.29) is 29.8 Å². The third-order valence-electron chi connectivity index (χ3n) is 4.49. The minimum atomic E-state index is -1.60. The average molecular weight is 409 g/mol. The number of nitrogens with two attached hydrogens (primary N) is 2. The highest BCUT2D eigenvalue weighted by Gasteiger charge is 2.49. The number of ether oxygens (including phenoxy) is 1. The summed E-state index contributed by atoms with van der Waals surface area (Å²) in [6, 6.07) is -2.55. The molecule has 0 aliphatic carbocycles. The Bertz CT molecular complexity index is 948. The molecule has 3 rings (SSSR count). The molecular formula is C15H19N7O7. The molecule has 1 amide bonds. The first kappa shape index (κ1) is 20.4. The van der Waals surface area contributed by atoms with E-state index >= 15 is 0 Å². The number of aliphatic hydroxyl groups is 1. The van der Waals surface area contributed by atoms with Crippen LogP contribution in [0.15, 0.2) is 12.7 Å². The highest BCUT2D eigenvalue weighted by Crippen LogP contribution is 2.32. The fraction of sp³-hybridized carbons (Fsp3) is 0.467. The number of aliphatic carboxylic acids is 2. The third-order valence-corrected chi connectivity index (χ3v) is 4.49. The predicted octanol–water partition coefficient (Wildman–Crippen LogP) is -2.57. The van der Waals surface area contributed by atoms with Crippen LogP contribution >= 0.6 is 0 Å². The van der Waals surface area contributed by atoms with Gasteiger partial charge in [-0.2, -0.15) is 0 Å². The summed E-state index contributed by atoms with van der Waals surface area (Å²) in [7, 11) is 0. The van der Waals surface area contributed by atoms with Crippen LogP contribution in [0.4, 0.5) is 5.82 Å². The van der Waals surface area contributed by atoms with E-state index in [1.807, 2.05) is 0 Å². The number of imidazole rings is 1. The highest BCUT2D eigenvalue weighted by molar-refractivity contribution is 5.84. The number of carbonyl (C=O) groups excluding carboxylic acids is 1. The van der Waals surface area contributed by atoms with Crippen molar-refractivity contribution in [1.82, 2.24) is 24.8 Å². The van der Waals surface area contributed by atoms with E-state index < -0.39 is 48.4 Å². The van der Waals surface area contributed by atoms with Crippen LogP contribution in [-0.2, 0) is 19.1 Å². The van der Waals surface area contributed by atoms with Crippen molar-refractivity contribution in [2.75, 3.05) is 5.73 Å². The Morgan fingerprint density at radius 1 is 1.28 bits per heavy atom. The fourth-order valence-corrected chi connectivity index (χ4v) is 3.01. The van der Waals surface area contributed by atoms with Crippen molar-refractivity contribution in [3.8, 4) is 0 Å². The molecule has 0 bridgehead atoms. The summed E-state index contributed by atoms with van der Waals surface area (Å²) in [5, 5.41) is 31.1. The van der Waals surface area contributed by atoms with Crippen LogP contribution in [0.2, 0.25) is 0 Å². The Morgan fingerprint density at radius 2 is 2.00 bits per heavy atom. The first-order valence-corrected chi connectivity index (χ1v) is 8.47. The zero-order valence-electron chi connectivity index (χ0n) is 14.9. The largest absolute Gasteiger partial charge is 0.481 e. The molecule has 8 N–H and O–H groups in total. The van der Waals surface area contributed by atoms with Gasteiger partial charge in [0.05, 0.1) is 18.4 Å². The molecule has 1 aliphatic rings. The van der Waals surface area contributed by atoms with E-state index in [2.05, 4.69) is 20.3 Å². The maximum atomic E-state index is 12.2. The van der Waals surface area contributed by atoms with E-state index in [0.717, 1.165) is 0 Å². The van der Waals surface area contributed by atoms with E-state index in [1.165, 1.54) is 17.2 Å². The fourth-order valence-electron chi connectivity index (χ4n) is 3.01. The lowest BCUT2D eigenvalue weighted by Crippen LogP contribution is -2.54. The van der Waals surface area contributed by atoms with Crippen LogP contribution in [0.1, 0.15) is 19.1 Å². The van der Waals surface area contributed by atoms with Crippen LogP contribution in [0.3, 0.4) is 0 Å². The standard InChI is InChI=1S/C15H19N7O7/c16-5(1-2-6(23)24)13(26)21-7-9(25)14(29-10(7)15(27)28)22-4-20-8-11(17)18-3-19-12(8)22/h3-5,7,9-10,14,25H,1-2,16H2,(H,21,26)(H,23,24)(H,27,28)(H2,17,18,19)/t5-,7-,9+,10-,14+/m0/s1. The van der Waals surface area contributed by atoms with Gasteiger partial charge in [-0.15, -0.1) is 0 Å². The normalized spacial score (nSPS) is 25.0. The maximum Gasteiger partial charge on any atom is 0.335 e. The van der Waals surface area contributed by atoms with E-state index in [0.29, 0.717) is 0 Å². The molecule has 156 valence electrons. The van der Waals surface area contributed by atoms with Gasteiger partial charge >= 0.3 is 11.9 Å². The first-order chi connectivity index (χ1) is 13.7. The lowest BCUT2D eigenvalue weighted by molar-refractivity contribution is -0.152. The molecule has 0 saturated carbocycles.